The second kappa shape index (κ2) is 9.87. The second-order valence-electron chi connectivity index (χ2n) is 7.91. The number of nitrogens with zero attached hydrogens (tertiary/aromatic N) is 2. The molecule has 30 heavy (non-hydrogen) atoms. The van der Waals surface area contributed by atoms with Crippen molar-refractivity contribution in [1.82, 2.24) is 15.3 Å². The van der Waals surface area contributed by atoms with Gasteiger partial charge in [0.15, 0.2) is 5.82 Å². The molecule has 1 aromatic rings. The Kier molecular flexibility index (Phi) is 7.24. The molecule has 2 fully saturated rings. The monoisotopic (exact) mass is 412 g/mol. The van der Waals surface area contributed by atoms with Crippen LogP contribution in [0.2, 0.25) is 0 Å². The predicted molar refractivity (Wildman–Crippen MR) is 115 cm³/mol. The number of ether oxygens (including phenoxy) is 1. The van der Waals surface area contributed by atoms with E-state index in [0.29, 0.717) is 18.0 Å². The smallest absolute Gasteiger partial charge is 0.408 e. The number of alkyl carbamates (subject to hydrolysis) is 1. The quantitative estimate of drug-likeness (QED) is 0.726. The molecule has 3 aliphatic carbocycles. The van der Waals surface area contributed by atoms with Crippen LogP contribution in [0.1, 0.15) is 93.0 Å². The largest absolute Gasteiger partial charge is 0.445 e. The van der Waals surface area contributed by atoms with Gasteiger partial charge in [0, 0.05) is 12.1 Å². The fourth-order valence-electron chi connectivity index (χ4n) is 4.02. The average molecular weight is 413 g/mol. The van der Waals surface area contributed by atoms with Crippen LogP contribution in [0, 0.1) is 0 Å². The number of rotatable bonds is 6. The lowest BCUT2D eigenvalue weighted by molar-refractivity contribution is 0.0997. The molecule has 0 bridgehead atoms. The van der Waals surface area contributed by atoms with Crippen LogP contribution < -0.4 is 11.1 Å². The summed E-state index contributed by atoms with van der Waals surface area (Å²) in [6.45, 7) is 4.29. The normalized spacial score (nSPS) is 19.3. The number of carbonyl (C=O) groups is 2. The number of hydrogen-bond donors (Lipinski definition) is 2. The summed E-state index contributed by atoms with van der Waals surface area (Å²) in [4.78, 5) is 33.2. The van der Waals surface area contributed by atoms with Crippen LogP contribution in [0.15, 0.2) is 30.0 Å². The van der Waals surface area contributed by atoms with E-state index in [-0.39, 0.29) is 5.92 Å². The minimum absolute atomic E-state index is 0.235. The molecular weight excluding hydrogens is 380 g/mol. The number of allylic oxidation sites excluding steroid dienone is 3. The van der Waals surface area contributed by atoms with Crippen molar-refractivity contribution in [2.24, 2.45) is 5.73 Å². The van der Waals surface area contributed by atoms with Gasteiger partial charge in [-0.25, -0.2) is 14.8 Å². The second-order valence-corrected chi connectivity index (χ2v) is 7.91. The standard InChI is InChI=1S/C21H26N4O3.C2H6/c22-18(26)16-12-23-19(24-17(16)15-8-4-5-9-15)21(10-11-21)25-20(27)28-13-14-6-2-1-3-7-14;1-2/h1-2,6,12,15H,3-5,7-11,13H2,(H2,22,26)(H,25,27);1-2H3. The Morgan fingerprint density at radius 3 is 2.60 bits per heavy atom. The Balaban J connectivity index is 0.00000124. The summed E-state index contributed by atoms with van der Waals surface area (Å²) in [5.41, 5.74) is 7.17. The maximum absolute atomic E-state index is 12.3. The van der Waals surface area contributed by atoms with Crippen LogP contribution in [0.25, 0.3) is 0 Å². The minimum atomic E-state index is -0.596. The van der Waals surface area contributed by atoms with Crippen molar-refractivity contribution in [2.75, 3.05) is 6.61 Å². The summed E-state index contributed by atoms with van der Waals surface area (Å²) >= 11 is 0. The number of carbonyl (C=O) groups excluding carboxylic acids is 2. The highest BCUT2D eigenvalue weighted by Crippen LogP contribution is 2.45. The van der Waals surface area contributed by atoms with Gasteiger partial charge in [-0.3, -0.25) is 4.79 Å². The zero-order valence-electron chi connectivity index (χ0n) is 17.9. The number of nitrogens with two attached hydrogens (primary N) is 1. The highest BCUT2D eigenvalue weighted by atomic mass is 16.5. The van der Waals surface area contributed by atoms with E-state index in [1.807, 2.05) is 26.0 Å². The molecule has 0 spiro atoms. The van der Waals surface area contributed by atoms with E-state index in [1.165, 1.54) is 6.20 Å². The molecule has 0 unspecified atom stereocenters. The van der Waals surface area contributed by atoms with E-state index in [1.54, 1.807) is 0 Å². The molecule has 3 N–H and O–H groups in total. The van der Waals surface area contributed by atoms with Crippen molar-refractivity contribution in [3.05, 3.63) is 47.1 Å². The van der Waals surface area contributed by atoms with Gasteiger partial charge in [-0.05, 0) is 44.1 Å². The third-order valence-electron chi connectivity index (χ3n) is 5.83. The highest BCUT2D eigenvalue weighted by molar-refractivity contribution is 5.93. The molecule has 0 aliphatic heterocycles. The zero-order chi connectivity index (χ0) is 21.6. The zero-order valence-corrected chi connectivity index (χ0v) is 17.9. The maximum Gasteiger partial charge on any atom is 0.408 e. The number of hydrogen-bond acceptors (Lipinski definition) is 5. The van der Waals surface area contributed by atoms with Crippen LogP contribution in [0.3, 0.4) is 0 Å². The molecule has 162 valence electrons. The molecule has 7 nitrogen and oxygen atoms in total. The van der Waals surface area contributed by atoms with E-state index in [4.69, 9.17) is 15.5 Å². The predicted octanol–water partition coefficient (Wildman–Crippen LogP) is 4.25. The van der Waals surface area contributed by atoms with Gasteiger partial charge in [0.1, 0.15) is 12.1 Å². The summed E-state index contributed by atoms with van der Waals surface area (Å²) in [6, 6.07) is 0. The average Bonchev–Trinajstić information content (AvgIpc) is 3.34. The van der Waals surface area contributed by atoms with Crippen LogP contribution >= 0.6 is 0 Å². The van der Waals surface area contributed by atoms with E-state index in [0.717, 1.165) is 62.6 Å². The van der Waals surface area contributed by atoms with Crippen molar-refractivity contribution >= 4 is 12.0 Å². The summed E-state index contributed by atoms with van der Waals surface area (Å²) in [6.07, 6.45) is 14.8. The van der Waals surface area contributed by atoms with Crippen LogP contribution in [0.4, 0.5) is 4.79 Å². The van der Waals surface area contributed by atoms with E-state index in [2.05, 4.69) is 16.4 Å². The van der Waals surface area contributed by atoms with Crippen LogP contribution in [-0.4, -0.2) is 28.6 Å². The Hall–Kier alpha value is -2.70. The lowest BCUT2D eigenvalue weighted by Gasteiger charge is -2.19. The first-order valence-electron chi connectivity index (χ1n) is 11.0. The van der Waals surface area contributed by atoms with Crippen LogP contribution in [0.5, 0.6) is 0 Å². The molecule has 0 radical (unpaired) electrons. The van der Waals surface area contributed by atoms with Crippen molar-refractivity contribution in [2.45, 2.75) is 76.7 Å². The maximum atomic E-state index is 12.3. The molecule has 1 heterocycles. The lowest BCUT2D eigenvalue weighted by atomic mass is 9.99. The molecule has 0 aromatic carbocycles. The summed E-state index contributed by atoms with van der Waals surface area (Å²) in [7, 11) is 0. The summed E-state index contributed by atoms with van der Waals surface area (Å²) in [5, 5.41) is 2.94. The summed E-state index contributed by atoms with van der Waals surface area (Å²) < 4.78 is 5.39. The fraction of sp³-hybridized carbons (Fsp3) is 0.565. The van der Waals surface area contributed by atoms with Gasteiger partial charge < -0.3 is 15.8 Å². The van der Waals surface area contributed by atoms with Crippen molar-refractivity contribution in [1.29, 1.82) is 0 Å². The van der Waals surface area contributed by atoms with E-state index >= 15 is 0 Å². The molecule has 4 rings (SSSR count). The molecule has 1 aromatic heterocycles. The topological polar surface area (TPSA) is 107 Å². The van der Waals surface area contributed by atoms with Crippen LogP contribution in [-0.2, 0) is 10.3 Å². The number of nitrogens with one attached hydrogen (secondary N) is 1. The van der Waals surface area contributed by atoms with Gasteiger partial charge in [-0.1, -0.05) is 44.9 Å². The third-order valence-corrected chi connectivity index (χ3v) is 5.83. The number of aromatic nitrogens is 2. The molecular formula is C23H32N4O3. The first kappa shape index (κ1) is 22.0. The molecule has 0 atom stereocenters. The van der Waals surface area contributed by atoms with Gasteiger partial charge in [0.2, 0.25) is 0 Å². The van der Waals surface area contributed by atoms with Crippen molar-refractivity contribution < 1.29 is 14.3 Å². The Bertz CT molecular complexity index is 837. The fourth-order valence-corrected chi connectivity index (χ4v) is 4.02. The Labute approximate surface area is 178 Å². The molecule has 2 amide bonds. The van der Waals surface area contributed by atoms with Crippen molar-refractivity contribution in [3.8, 4) is 0 Å². The molecule has 3 aliphatic rings. The van der Waals surface area contributed by atoms with E-state index in [9.17, 15) is 9.59 Å². The number of primary amides is 1. The lowest BCUT2D eigenvalue weighted by Crippen LogP contribution is -2.37. The Morgan fingerprint density at radius 1 is 1.27 bits per heavy atom. The Morgan fingerprint density at radius 2 is 2.00 bits per heavy atom. The molecule has 0 saturated heterocycles. The molecule has 7 heteroatoms. The third kappa shape index (κ3) is 5.07. The SMILES string of the molecule is CC.NC(=O)c1cnc(C2(NC(=O)OCC3=CC=CCC3)CC2)nc1C1CCCC1. The van der Waals surface area contributed by atoms with Gasteiger partial charge in [-0.2, -0.15) is 0 Å². The summed E-state index contributed by atoms with van der Waals surface area (Å²) in [5.74, 6) is 0.287. The van der Waals surface area contributed by atoms with Gasteiger partial charge in [-0.15, -0.1) is 0 Å². The van der Waals surface area contributed by atoms with E-state index < -0.39 is 17.5 Å². The number of amides is 2. The first-order valence-corrected chi connectivity index (χ1v) is 11.0. The van der Waals surface area contributed by atoms with Gasteiger partial charge in [0.05, 0.1) is 11.3 Å². The minimum Gasteiger partial charge on any atom is -0.445 e. The van der Waals surface area contributed by atoms with Gasteiger partial charge >= 0.3 is 6.09 Å². The molecule has 2 saturated carbocycles. The van der Waals surface area contributed by atoms with Gasteiger partial charge in [0.25, 0.3) is 5.91 Å². The first-order chi connectivity index (χ1) is 14.6. The van der Waals surface area contributed by atoms with Crippen molar-refractivity contribution in [3.63, 3.8) is 0 Å². The highest BCUT2D eigenvalue weighted by Gasteiger charge is 2.49.